The predicted molar refractivity (Wildman–Crippen MR) is 105 cm³/mol. The quantitative estimate of drug-likeness (QED) is 0.643. The lowest BCUT2D eigenvalue weighted by Crippen LogP contribution is -2.63. The number of nitrogens with one attached hydrogen (secondary N) is 1. The highest BCUT2D eigenvalue weighted by Crippen LogP contribution is 2.55. The fourth-order valence-corrected chi connectivity index (χ4v) is 6.55. The van der Waals surface area contributed by atoms with Gasteiger partial charge in [-0.1, -0.05) is 0 Å². The molecule has 2 atom stereocenters. The van der Waals surface area contributed by atoms with Crippen LogP contribution < -0.4 is 5.32 Å². The van der Waals surface area contributed by atoms with Crippen molar-refractivity contribution in [2.24, 2.45) is 11.8 Å². The van der Waals surface area contributed by atoms with Crippen LogP contribution in [-0.2, 0) is 9.84 Å². The van der Waals surface area contributed by atoms with E-state index in [2.05, 4.69) is 5.32 Å². The highest BCUT2D eigenvalue weighted by Gasteiger charge is 2.59. The number of carbonyl (C=O) groups is 1. The Kier molecular flexibility index (Phi) is 5.35. The Balaban J connectivity index is 1.57. The third kappa shape index (κ3) is 3.62. The first-order chi connectivity index (χ1) is 14.6. The van der Waals surface area contributed by atoms with E-state index in [-0.39, 0.29) is 35.9 Å². The number of aliphatic hydroxyl groups is 2. The number of benzene rings is 2. The summed E-state index contributed by atoms with van der Waals surface area (Å²) in [5.41, 5.74) is -1.51. The number of hydrogen-bond donors (Lipinski definition) is 3. The van der Waals surface area contributed by atoms with Crippen LogP contribution in [0.3, 0.4) is 0 Å². The Morgan fingerprint density at radius 3 is 2.26 bits per heavy atom. The summed E-state index contributed by atoms with van der Waals surface area (Å²) in [6.45, 7) is -0.455. The van der Waals surface area contributed by atoms with Crippen LogP contribution in [0.25, 0.3) is 0 Å². The number of rotatable bonds is 5. The van der Waals surface area contributed by atoms with Crippen LogP contribution >= 0.6 is 0 Å². The lowest BCUT2D eigenvalue weighted by atomic mass is 9.54. The number of carbonyl (C=O) groups excluding carboxylic acids is 1. The number of aliphatic hydroxyl groups excluding tert-OH is 1. The Hall–Kier alpha value is -2.43. The lowest BCUT2D eigenvalue weighted by Gasteiger charge is -2.57. The molecule has 3 aliphatic rings. The van der Waals surface area contributed by atoms with Crippen molar-refractivity contribution in [3.05, 3.63) is 59.4 Å². The molecule has 3 aliphatic carbocycles. The average molecular weight is 455 g/mol. The molecule has 2 unspecified atom stereocenters. The van der Waals surface area contributed by atoms with Gasteiger partial charge in [-0.25, -0.2) is 21.6 Å². The molecule has 0 radical (unpaired) electrons. The van der Waals surface area contributed by atoms with Gasteiger partial charge in [0.25, 0.3) is 5.91 Å². The van der Waals surface area contributed by atoms with E-state index >= 15 is 0 Å². The van der Waals surface area contributed by atoms with Gasteiger partial charge < -0.3 is 15.5 Å². The molecule has 0 aliphatic heterocycles. The van der Waals surface area contributed by atoms with Crippen LogP contribution in [0.4, 0.5) is 18.9 Å². The van der Waals surface area contributed by atoms with Crippen molar-refractivity contribution in [3.63, 3.8) is 0 Å². The van der Waals surface area contributed by atoms with Gasteiger partial charge in [0.2, 0.25) is 0 Å². The predicted octanol–water partition coefficient (Wildman–Crippen LogP) is 2.65. The fraction of sp³-hybridized carbons (Fsp3) is 0.381. The zero-order valence-electron chi connectivity index (χ0n) is 16.2. The van der Waals surface area contributed by atoms with Crippen LogP contribution in [-0.4, -0.2) is 42.0 Å². The minimum Gasteiger partial charge on any atom is -0.393 e. The van der Waals surface area contributed by atoms with E-state index in [1.807, 2.05) is 0 Å². The van der Waals surface area contributed by atoms with Crippen molar-refractivity contribution in [3.8, 4) is 0 Å². The number of halogens is 3. The largest absolute Gasteiger partial charge is 0.393 e. The van der Waals surface area contributed by atoms with E-state index in [4.69, 9.17) is 0 Å². The van der Waals surface area contributed by atoms with Crippen molar-refractivity contribution in [2.45, 2.75) is 35.0 Å². The average Bonchev–Trinajstić information content (AvgIpc) is 2.75. The van der Waals surface area contributed by atoms with Gasteiger partial charge in [0.15, 0.2) is 21.5 Å². The third-order valence-electron chi connectivity index (χ3n) is 6.45. The molecule has 0 aromatic heterocycles. The number of anilines is 1. The highest BCUT2D eigenvalue weighted by molar-refractivity contribution is 7.92. The lowest BCUT2D eigenvalue weighted by molar-refractivity contribution is -0.197. The monoisotopic (exact) mass is 455 g/mol. The molecule has 10 heteroatoms. The zero-order chi connectivity index (χ0) is 22.6. The molecule has 2 aromatic carbocycles. The molecular formula is C21H20F3NO5S. The van der Waals surface area contributed by atoms with Gasteiger partial charge in [0.1, 0.15) is 10.7 Å². The molecule has 1 amide bonds. The maximum atomic E-state index is 14.4. The van der Waals surface area contributed by atoms with E-state index in [1.165, 1.54) is 0 Å². The summed E-state index contributed by atoms with van der Waals surface area (Å²) in [5.74, 6) is -4.87. The van der Waals surface area contributed by atoms with Crippen molar-refractivity contribution in [2.75, 3.05) is 11.9 Å². The number of hydrogen-bond acceptors (Lipinski definition) is 5. The van der Waals surface area contributed by atoms with Crippen molar-refractivity contribution in [1.82, 2.24) is 0 Å². The summed E-state index contributed by atoms with van der Waals surface area (Å²) >= 11 is 0. The molecule has 0 heterocycles. The van der Waals surface area contributed by atoms with Crippen molar-refractivity contribution in [1.29, 1.82) is 0 Å². The maximum absolute atomic E-state index is 14.4. The van der Waals surface area contributed by atoms with Gasteiger partial charge in [-0.15, -0.1) is 0 Å². The molecule has 3 saturated carbocycles. The van der Waals surface area contributed by atoms with E-state index in [0.717, 1.165) is 36.4 Å². The fourth-order valence-electron chi connectivity index (χ4n) is 4.59. The topological polar surface area (TPSA) is 104 Å². The summed E-state index contributed by atoms with van der Waals surface area (Å²) < 4.78 is 67.0. The standard InChI is InChI=1S/C21H20F3NO5S/c22-16-4-2-14(9-18(16)24)25-20(27)11-1-3-17(23)19(5-11)31(29,30)15-7-12-6-13(8-15)21(12,28)10-26/h1-5,9,12-13,15,26,28H,6-8,10H2,(H,25,27)/t12?,13?,15-,21-. The Morgan fingerprint density at radius 2 is 1.65 bits per heavy atom. The molecule has 0 saturated heterocycles. The van der Waals surface area contributed by atoms with E-state index < -0.39 is 55.5 Å². The summed E-state index contributed by atoms with van der Waals surface area (Å²) in [6, 6.07) is 5.60. The first kappa shape index (κ1) is 21.8. The SMILES string of the molecule is O=C(Nc1ccc(F)c(F)c1)c1ccc(F)c(S(=O)(=O)[C@H]2CC3CC(C2)[C@]3(O)CO)c1. The summed E-state index contributed by atoms with van der Waals surface area (Å²) in [4.78, 5) is 11.8. The van der Waals surface area contributed by atoms with Crippen LogP contribution in [0.5, 0.6) is 0 Å². The Labute approximate surface area is 176 Å². The van der Waals surface area contributed by atoms with Crippen LogP contribution in [0.2, 0.25) is 0 Å². The van der Waals surface area contributed by atoms with Gasteiger partial charge in [0.05, 0.1) is 17.5 Å². The summed E-state index contributed by atoms with van der Waals surface area (Å²) in [5, 5.41) is 21.2. The molecule has 2 bridgehead atoms. The second-order valence-corrected chi connectivity index (χ2v) is 10.3. The molecule has 3 N–H and O–H groups in total. The molecule has 5 rings (SSSR count). The van der Waals surface area contributed by atoms with E-state index in [9.17, 15) is 36.6 Å². The molecule has 0 spiro atoms. The first-order valence-electron chi connectivity index (χ1n) is 9.69. The number of sulfone groups is 1. The highest BCUT2D eigenvalue weighted by atomic mass is 32.2. The third-order valence-corrected chi connectivity index (χ3v) is 8.64. The molecule has 3 fully saturated rings. The van der Waals surface area contributed by atoms with Gasteiger partial charge in [0, 0.05) is 17.3 Å². The van der Waals surface area contributed by atoms with Crippen molar-refractivity contribution >= 4 is 21.4 Å². The van der Waals surface area contributed by atoms with Crippen molar-refractivity contribution < 1.29 is 36.6 Å². The smallest absolute Gasteiger partial charge is 0.255 e. The second kappa shape index (κ2) is 7.61. The minimum atomic E-state index is -4.15. The van der Waals surface area contributed by atoms with Crippen LogP contribution in [0.15, 0.2) is 41.3 Å². The minimum absolute atomic E-state index is 0.0479. The zero-order valence-corrected chi connectivity index (χ0v) is 17.0. The molecule has 166 valence electrons. The van der Waals surface area contributed by atoms with E-state index in [1.54, 1.807) is 0 Å². The summed E-state index contributed by atoms with van der Waals surface area (Å²) in [7, 11) is -4.15. The molecule has 6 nitrogen and oxygen atoms in total. The molecule has 31 heavy (non-hydrogen) atoms. The van der Waals surface area contributed by atoms with Gasteiger partial charge in [-0.2, -0.15) is 0 Å². The Bertz CT molecular complexity index is 1140. The van der Waals surface area contributed by atoms with E-state index in [0.29, 0.717) is 6.42 Å². The molecular weight excluding hydrogens is 435 g/mol. The Morgan fingerprint density at radius 1 is 1.00 bits per heavy atom. The maximum Gasteiger partial charge on any atom is 0.255 e. The summed E-state index contributed by atoms with van der Waals surface area (Å²) in [6.07, 6.45) is 0.767. The number of amides is 1. The second-order valence-electron chi connectivity index (χ2n) is 8.15. The first-order valence-corrected chi connectivity index (χ1v) is 11.2. The van der Waals surface area contributed by atoms with Crippen LogP contribution in [0, 0.1) is 29.3 Å². The van der Waals surface area contributed by atoms with Gasteiger partial charge in [-0.3, -0.25) is 4.79 Å². The van der Waals surface area contributed by atoms with Gasteiger partial charge >= 0.3 is 0 Å². The molecule has 2 aromatic rings. The normalized spacial score (nSPS) is 27.5. The van der Waals surface area contributed by atoms with Gasteiger partial charge in [-0.05, 0) is 61.4 Å². The number of fused-ring (bicyclic) bond motifs is 2. The van der Waals surface area contributed by atoms with Crippen LogP contribution in [0.1, 0.15) is 29.6 Å².